The Morgan fingerprint density at radius 2 is 2.13 bits per heavy atom. The molecule has 1 aromatic carbocycles. The zero-order valence-electron chi connectivity index (χ0n) is 8.12. The van der Waals surface area contributed by atoms with Crippen molar-refractivity contribution in [1.82, 2.24) is 0 Å². The van der Waals surface area contributed by atoms with Gasteiger partial charge in [0.15, 0.2) is 6.10 Å². The van der Waals surface area contributed by atoms with Crippen molar-refractivity contribution in [2.45, 2.75) is 6.10 Å². The number of esters is 1. The normalized spacial score (nSPS) is 12.0. The number of methoxy groups -OCH3 is 1. The lowest BCUT2D eigenvalue weighted by Crippen LogP contribution is -2.30. The van der Waals surface area contributed by atoms with Gasteiger partial charge < -0.3 is 19.9 Å². The van der Waals surface area contributed by atoms with Gasteiger partial charge in [0, 0.05) is 0 Å². The van der Waals surface area contributed by atoms with Crippen LogP contribution in [0.2, 0.25) is 0 Å². The Labute approximate surface area is 87.1 Å². The van der Waals surface area contributed by atoms with E-state index in [1.54, 1.807) is 0 Å². The van der Waals surface area contributed by atoms with E-state index in [9.17, 15) is 9.90 Å². The van der Waals surface area contributed by atoms with Crippen LogP contribution in [0.1, 0.15) is 11.7 Å². The first-order valence-corrected chi connectivity index (χ1v) is 4.28. The van der Waals surface area contributed by atoms with Crippen molar-refractivity contribution in [3.8, 4) is 0 Å². The minimum atomic E-state index is -1.63. The Kier molecular flexibility index (Phi) is 3.84. The molecule has 0 saturated heterocycles. The molecule has 0 fully saturated rings. The van der Waals surface area contributed by atoms with E-state index in [0.717, 1.165) is 7.11 Å². The number of aliphatic hydroxyl groups excluding tert-OH is 1. The number of benzene rings is 1. The van der Waals surface area contributed by atoms with Gasteiger partial charge in [-0.15, -0.1) is 0 Å². The van der Waals surface area contributed by atoms with Crippen molar-refractivity contribution in [3.05, 3.63) is 29.8 Å². The highest BCUT2D eigenvalue weighted by molar-refractivity contribution is 6.58. The number of hydrogen-bond acceptors (Lipinski definition) is 5. The second-order valence-corrected chi connectivity index (χ2v) is 2.97. The fourth-order valence-corrected chi connectivity index (χ4v) is 1.14. The third kappa shape index (κ3) is 2.79. The van der Waals surface area contributed by atoms with Crippen molar-refractivity contribution in [3.63, 3.8) is 0 Å². The van der Waals surface area contributed by atoms with Gasteiger partial charge in [-0.05, 0) is 11.0 Å². The molecule has 0 amide bonds. The Hall–Kier alpha value is -1.37. The molecule has 1 aromatic rings. The molecule has 0 aliphatic carbocycles. The van der Waals surface area contributed by atoms with E-state index < -0.39 is 19.2 Å². The van der Waals surface area contributed by atoms with Crippen LogP contribution in [0.4, 0.5) is 0 Å². The van der Waals surface area contributed by atoms with Crippen molar-refractivity contribution < 1.29 is 24.7 Å². The van der Waals surface area contributed by atoms with Gasteiger partial charge in [0.25, 0.3) is 0 Å². The maximum absolute atomic E-state index is 11.0. The number of rotatable bonds is 3. The predicted octanol–water partition coefficient (Wildman–Crippen LogP) is -1.43. The van der Waals surface area contributed by atoms with Crippen LogP contribution in [-0.2, 0) is 9.53 Å². The maximum Gasteiger partial charge on any atom is 0.488 e. The summed E-state index contributed by atoms with van der Waals surface area (Å²) in [6, 6.07) is 5.80. The molecule has 5 nitrogen and oxygen atoms in total. The largest absolute Gasteiger partial charge is 0.488 e. The van der Waals surface area contributed by atoms with Gasteiger partial charge in [0.05, 0.1) is 7.11 Å². The lowest BCUT2D eigenvalue weighted by Gasteiger charge is -2.09. The van der Waals surface area contributed by atoms with E-state index in [-0.39, 0.29) is 11.0 Å². The number of aliphatic hydroxyl groups is 1. The van der Waals surface area contributed by atoms with Gasteiger partial charge in [-0.3, -0.25) is 0 Å². The molecule has 0 saturated carbocycles. The van der Waals surface area contributed by atoms with Crippen molar-refractivity contribution in [2.24, 2.45) is 0 Å². The fraction of sp³-hybridized carbons (Fsp3) is 0.222. The number of carbonyl (C=O) groups excluding carboxylic acids is 1. The molecular formula is C9H11BO5. The van der Waals surface area contributed by atoms with Crippen LogP contribution in [0.15, 0.2) is 24.3 Å². The summed E-state index contributed by atoms with van der Waals surface area (Å²) in [5.41, 5.74) is 0.461. The SMILES string of the molecule is COC(=O)C(O)c1cccc(B(O)O)c1. The van der Waals surface area contributed by atoms with Crippen LogP contribution < -0.4 is 5.46 Å². The minimum Gasteiger partial charge on any atom is -0.467 e. The van der Waals surface area contributed by atoms with Crippen LogP contribution in [-0.4, -0.2) is 35.4 Å². The topological polar surface area (TPSA) is 87.0 Å². The first-order chi connectivity index (χ1) is 7.06. The highest BCUT2D eigenvalue weighted by atomic mass is 16.5. The highest BCUT2D eigenvalue weighted by Gasteiger charge is 2.19. The molecule has 0 spiro atoms. The van der Waals surface area contributed by atoms with E-state index in [2.05, 4.69) is 4.74 Å². The quantitative estimate of drug-likeness (QED) is 0.420. The van der Waals surface area contributed by atoms with Crippen LogP contribution >= 0.6 is 0 Å². The van der Waals surface area contributed by atoms with Gasteiger partial charge >= 0.3 is 13.1 Å². The third-order valence-electron chi connectivity index (χ3n) is 1.95. The van der Waals surface area contributed by atoms with Crippen LogP contribution in [0.3, 0.4) is 0 Å². The van der Waals surface area contributed by atoms with Crippen molar-refractivity contribution in [1.29, 1.82) is 0 Å². The van der Waals surface area contributed by atoms with E-state index in [0.29, 0.717) is 0 Å². The summed E-state index contributed by atoms with van der Waals surface area (Å²) in [6.07, 6.45) is -1.41. The Morgan fingerprint density at radius 3 is 2.67 bits per heavy atom. The van der Waals surface area contributed by atoms with Gasteiger partial charge in [0.1, 0.15) is 0 Å². The molecule has 0 aliphatic rings. The first kappa shape index (κ1) is 11.7. The standard InChI is InChI=1S/C9H11BO5/c1-15-9(12)8(11)6-3-2-4-7(5-6)10(13)14/h2-5,8,11,13-14H,1H3. The molecule has 80 valence electrons. The predicted molar refractivity (Wildman–Crippen MR) is 53.2 cm³/mol. The highest BCUT2D eigenvalue weighted by Crippen LogP contribution is 2.12. The Morgan fingerprint density at radius 1 is 1.47 bits per heavy atom. The summed E-state index contributed by atoms with van der Waals surface area (Å²) in [6.45, 7) is 0. The third-order valence-corrected chi connectivity index (χ3v) is 1.95. The van der Waals surface area contributed by atoms with E-state index >= 15 is 0 Å². The molecule has 0 bridgehead atoms. The summed E-state index contributed by atoms with van der Waals surface area (Å²) in [7, 11) is -0.467. The molecule has 0 aromatic heterocycles. The molecule has 1 unspecified atom stereocenters. The molecule has 0 radical (unpaired) electrons. The van der Waals surface area contributed by atoms with Crippen LogP contribution in [0.25, 0.3) is 0 Å². The van der Waals surface area contributed by atoms with Gasteiger partial charge in [0.2, 0.25) is 0 Å². The number of carbonyl (C=O) groups is 1. The monoisotopic (exact) mass is 210 g/mol. The molecule has 0 aliphatic heterocycles. The molecule has 1 rings (SSSR count). The Balaban J connectivity index is 2.95. The first-order valence-electron chi connectivity index (χ1n) is 4.28. The van der Waals surface area contributed by atoms with Crippen molar-refractivity contribution >= 4 is 18.6 Å². The average Bonchev–Trinajstić information content (AvgIpc) is 2.27. The Bertz CT molecular complexity index is 352. The van der Waals surface area contributed by atoms with Gasteiger partial charge in [-0.25, -0.2) is 4.79 Å². The van der Waals surface area contributed by atoms with E-state index in [1.807, 2.05) is 0 Å². The zero-order valence-corrected chi connectivity index (χ0v) is 8.12. The zero-order chi connectivity index (χ0) is 11.4. The fourth-order valence-electron chi connectivity index (χ4n) is 1.14. The molecular weight excluding hydrogens is 199 g/mol. The van der Waals surface area contributed by atoms with Crippen LogP contribution in [0.5, 0.6) is 0 Å². The second kappa shape index (κ2) is 4.93. The van der Waals surface area contributed by atoms with Crippen LogP contribution in [0, 0.1) is 0 Å². The minimum absolute atomic E-state index is 0.204. The molecule has 1 atom stereocenters. The molecule has 6 heteroatoms. The summed E-state index contributed by atoms with van der Waals surface area (Å²) in [5.74, 6) is -0.792. The van der Waals surface area contributed by atoms with Gasteiger partial charge in [-0.2, -0.15) is 0 Å². The van der Waals surface area contributed by atoms with E-state index in [1.165, 1.54) is 24.3 Å². The van der Waals surface area contributed by atoms with Crippen molar-refractivity contribution in [2.75, 3.05) is 7.11 Å². The second-order valence-electron chi connectivity index (χ2n) is 2.97. The lowest BCUT2D eigenvalue weighted by molar-refractivity contribution is -0.150. The molecule has 3 N–H and O–H groups in total. The van der Waals surface area contributed by atoms with Gasteiger partial charge in [-0.1, -0.05) is 24.3 Å². The lowest BCUT2D eigenvalue weighted by atomic mass is 9.79. The summed E-state index contributed by atoms with van der Waals surface area (Å²) in [5, 5.41) is 27.2. The smallest absolute Gasteiger partial charge is 0.467 e. The number of hydrogen-bond donors (Lipinski definition) is 3. The summed E-state index contributed by atoms with van der Waals surface area (Å²) >= 11 is 0. The average molecular weight is 210 g/mol. The number of ether oxygens (including phenoxy) is 1. The summed E-state index contributed by atoms with van der Waals surface area (Å²) < 4.78 is 4.35. The van der Waals surface area contributed by atoms with E-state index in [4.69, 9.17) is 10.0 Å². The molecule has 15 heavy (non-hydrogen) atoms. The summed E-state index contributed by atoms with van der Waals surface area (Å²) in [4.78, 5) is 11.0. The molecule has 0 heterocycles. The maximum atomic E-state index is 11.0.